The van der Waals surface area contributed by atoms with E-state index in [1.54, 1.807) is 24.3 Å². The first-order valence-electron chi connectivity index (χ1n) is 8.37. The summed E-state index contributed by atoms with van der Waals surface area (Å²) in [6.07, 6.45) is 0. The Morgan fingerprint density at radius 1 is 0.923 bits per heavy atom. The molecule has 6 heteroatoms. The third-order valence-corrected chi connectivity index (χ3v) is 4.72. The van der Waals surface area contributed by atoms with Crippen LogP contribution in [-0.4, -0.2) is 29.4 Å². The van der Waals surface area contributed by atoms with Gasteiger partial charge in [-0.15, -0.1) is 0 Å². The van der Waals surface area contributed by atoms with Gasteiger partial charge in [-0.2, -0.15) is 5.10 Å². The van der Waals surface area contributed by atoms with Gasteiger partial charge in [0.15, 0.2) is 5.78 Å². The Bertz CT molecular complexity index is 935. The van der Waals surface area contributed by atoms with Crippen LogP contribution in [0.15, 0.2) is 59.7 Å². The van der Waals surface area contributed by atoms with Gasteiger partial charge in [0.05, 0.1) is 11.4 Å². The van der Waals surface area contributed by atoms with Crippen LogP contribution in [0.25, 0.3) is 0 Å². The van der Waals surface area contributed by atoms with Crippen molar-refractivity contribution in [2.24, 2.45) is 11.0 Å². The van der Waals surface area contributed by atoms with Gasteiger partial charge in [0.2, 0.25) is 5.91 Å². The van der Waals surface area contributed by atoms with Crippen molar-refractivity contribution >= 4 is 34.7 Å². The van der Waals surface area contributed by atoms with Crippen molar-refractivity contribution in [1.82, 2.24) is 0 Å². The Labute approximate surface area is 150 Å². The highest BCUT2D eigenvalue weighted by Crippen LogP contribution is 2.37. The molecular formula is C20H17N3O3. The summed E-state index contributed by atoms with van der Waals surface area (Å²) in [5.41, 5.74) is 2.38. The maximum atomic E-state index is 13.1. The molecule has 6 nitrogen and oxygen atoms in total. The number of Topliss-reactive ketones (excluding diaryl/α,β-unsaturated/α-hetero) is 1. The zero-order valence-corrected chi connectivity index (χ0v) is 14.4. The minimum absolute atomic E-state index is 0.132. The molecule has 0 radical (unpaired) electrons. The monoisotopic (exact) mass is 347 g/mol. The van der Waals surface area contributed by atoms with Gasteiger partial charge in [-0.25, -0.2) is 4.90 Å². The highest BCUT2D eigenvalue weighted by Gasteiger charge is 2.58. The smallest absolute Gasteiger partial charge is 0.259 e. The molecule has 0 spiro atoms. The van der Waals surface area contributed by atoms with E-state index in [-0.39, 0.29) is 17.4 Å². The van der Waals surface area contributed by atoms with Crippen LogP contribution < -0.4 is 9.91 Å². The molecule has 2 amide bonds. The van der Waals surface area contributed by atoms with Crippen LogP contribution in [0.4, 0.5) is 11.4 Å². The number of hydrogen-bond acceptors (Lipinski definition) is 5. The molecule has 1 saturated heterocycles. The number of nitrogens with zero attached hydrogens (tertiary/aromatic N) is 3. The zero-order valence-electron chi connectivity index (χ0n) is 14.4. The summed E-state index contributed by atoms with van der Waals surface area (Å²) < 4.78 is 0. The molecule has 2 atom stereocenters. The van der Waals surface area contributed by atoms with Crippen LogP contribution in [0.1, 0.15) is 12.5 Å². The molecule has 130 valence electrons. The Hall–Kier alpha value is -3.28. The second-order valence-electron chi connectivity index (χ2n) is 6.49. The molecular weight excluding hydrogens is 330 g/mol. The van der Waals surface area contributed by atoms with Gasteiger partial charge in [0, 0.05) is 6.92 Å². The van der Waals surface area contributed by atoms with E-state index in [1.165, 1.54) is 11.9 Å². The Balaban J connectivity index is 1.80. The SMILES string of the molecule is CC(=O)C1=NN(c2ccc(C)cc2)[C@H]2C(=O)N(c3ccccc3)C(=O)[C@@H]12. The van der Waals surface area contributed by atoms with Gasteiger partial charge in [0.25, 0.3) is 5.91 Å². The molecule has 2 aromatic rings. The molecule has 2 aliphatic heterocycles. The van der Waals surface area contributed by atoms with Crippen LogP contribution in [0, 0.1) is 12.8 Å². The van der Waals surface area contributed by atoms with Crippen LogP contribution in [0.5, 0.6) is 0 Å². The summed E-state index contributed by atoms with van der Waals surface area (Å²) in [6, 6.07) is 15.4. The number of aryl methyl sites for hydroxylation is 1. The lowest BCUT2D eigenvalue weighted by Crippen LogP contribution is -2.39. The number of hydrazone groups is 1. The largest absolute Gasteiger partial charge is 0.293 e. The minimum Gasteiger partial charge on any atom is -0.293 e. The van der Waals surface area contributed by atoms with Crippen molar-refractivity contribution in [2.75, 3.05) is 9.91 Å². The third kappa shape index (κ3) is 2.34. The van der Waals surface area contributed by atoms with Crippen molar-refractivity contribution in [3.05, 3.63) is 60.2 Å². The molecule has 26 heavy (non-hydrogen) atoms. The van der Waals surface area contributed by atoms with Crippen LogP contribution in [-0.2, 0) is 14.4 Å². The molecule has 2 aliphatic rings. The summed E-state index contributed by atoms with van der Waals surface area (Å²) in [7, 11) is 0. The molecule has 0 saturated carbocycles. The summed E-state index contributed by atoms with van der Waals surface area (Å²) in [6.45, 7) is 3.33. The van der Waals surface area contributed by atoms with E-state index in [1.807, 2.05) is 37.3 Å². The fraction of sp³-hybridized carbons (Fsp3) is 0.200. The highest BCUT2D eigenvalue weighted by atomic mass is 16.2. The average Bonchev–Trinajstić information content (AvgIpc) is 3.14. The Kier molecular flexibility index (Phi) is 3.68. The highest BCUT2D eigenvalue weighted by molar-refractivity contribution is 6.48. The maximum absolute atomic E-state index is 13.1. The second kappa shape index (κ2) is 5.91. The number of carbonyl (C=O) groups is 3. The first-order chi connectivity index (χ1) is 12.5. The standard InChI is InChI=1S/C20H17N3O3/c1-12-8-10-15(11-9-12)23-18-16(17(21-23)13(2)24)19(25)22(20(18)26)14-6-4-3-5-7-14/h3-11,16,18H,1-2H3/t16-,18+/m0/s1. The maximum Gasteiger partial charge on any atom is 0.259 e. The van der Waals surface area contributed by atoms with Crippen LogP contribution in [0.3, 0.4) is 0 Å². The lowest BCUT2D eigenvalue weighted by atomic mass is 9.95. The van der Waals surface area contributed by atoms with Crippen molar-refractivity contribution in [1.29, 1.82) is 0 Å². The summed E-state index contributed by atoms with van der Waals surface area (Å²) in [5, 5.41) is 5.84. The zero-order chi connectivity index (χ0) is 18.4. The van der Waals surface area contributed by atoms with Gasteiger partial charge >= 0.3 is 0 Å². The van der Waals surface area contributed by atoms with Gasteiger partial charge in [-0.05, 0) is 31.2 Å². The minimum atomic E-state index is -0.874. The predicted molar refractivity (Wildman–Crippen MR) is 98.0 cm³/mol. The molecule has 0 bridgehead atoms. The second-order valence-corrected chi connectivity index (χ2v) is 6.49. The van der Waals surface area contributed by atoms with E-state index >= 15 is 0 Å². The van der Waals surface area contributed by atoms with Crippen molar-refractivity contribution in [3.63, 3.8) is 0 Å². The van der Waals surface area contributed by atoms with Gasteiger partial charge < -0.3 is 0 Å². The molecule has 0 N–H and O–H groups in total. The fourth-order valence-electron chi connectivity index (χ4n) is 3.45. The lowest BCUT2D eigenvalue weighted by molar-refractivity contribution is -0.122. The number of carbonyl (C=O) groups excluding carboxylic acids is 3. The molecule has 2 heterocycles. The number of rotatable bonds is 3. The third-order valence-electron chi connectivity index (χ3n) is 4.72. The van der Waals surface area contributed by atoms with E-state index < -0.39 is 17.9 Å². The number of fused-ring (bicyclic) bond motifs is 1. The van der Waals surface area contributed by atoms with Crippen molar-refractivity contribution < 1.29 is 14.4 Å². The molecule has 0 aliphatic carbocycles. The molecule has 4 rings (SSSR count). The normalized spacial score (nSPS) is 21.8. The number of anilines is 2. The summed E-state index contributed by atoms with van der Waals surface area (Å²) in [4.78, 5) is 39.3. The first kappa shape index (κ1) is 16.2. The predicted octanol–water partition coefficient (Wildman–Crippen LogP) is 2.32. The van der Waals surface area contributed by atoms with Gasteiger partial charge in [0.1, 0.15) is 17.7 Å². The van der Waals surface area contributed by atoms with Gasteiger partial charge in [-0.1, -0.05) is 35.9 Å². The first-order valence-corrected chi connectivity index (χ1v) is 8.37. The number of para-hydroxylation sites is 1. The fourth-order valence-corrected chi connectivity index (χ4v) is 3.45. The van der Waals surface area contributed by atoms with E-state index in [9.17, 15) is 14.4 Å². The number of hydrogen-bond donors (Lipinski definition) is 0. The number of benzene rings is 2. The van der Waals surface area contributed by atoms with E-state index in [4.69, 9.17) is 0 Å². The number of imide groups is 1. The quantitative estimate of drug-likeness (QED) is 0.799. The Morgan fingerprint density at radius 3 is 2.19 bits per heavy atom. The average molecular weight is 347 g/mol. The molecule has 0 aromatic heterocycles. The topological polar surface area (TPSA) is 70.1 Å². The van der Waals surface area contributed by atoms with Crippen LogP contribution >= 0.6 is 0 Å². The van der Waals surface area contributed by atoms with Crippen molar-refractivity contribution in [2.45, 2.75) is 19.9 Å². The van der Waals surface area contributed by atoms with Gasteiger partial charge in [-0.3, -0.25) is 19.4 Å². The van der Waals surface area contributed by atoms with E-state index in [2.05, 4.69) is 5.10 Å². The van der Waals surface area contributed by atoms with E-state index in [0.717, 1.165) is 10.5 Å². The number of amides is 2. The summed E-state index contributed by atoms with van der Waals surface area (Å²) >= 11 is 0. The molecule has 2 aromatic carbocycles. The van der Waals surface area contributed by atoms with E-state index in [0.29, 0.717) is 11.4 Å². The number of ketones is 1. The Morgan fingerprint density at radius 2 is 1.58 bits per heavy atom. The molecule has 0 unspecified atom stereocenters. The summed E-state index contributed by atoms with van der Waals surface area (Å²) in [5.74, 6) is -1.95. The lowest BCUT2D eigenvalue weighted by Gasteiger charge is -2.22. The van der Waals surface area contributed by atoms with Crippen LogP contribution in [0.2, 0.25) is 0 Å². The van der Waals surface area contributed by atoms with Crippen molar-refractivity contribution in [3.8, 4) is 0 Å². The molecule has 1 fully saturated rings.